The van der Waals surface area contributed by atoms with Gasteiger partial charge in [0.15, 0.2) is 0 Å². The highest BCUT2D eigenvalue weighted by molar-refractivity contribution is 7.92. The Morgan fingerprint density at radius 3 is 2.30 bits per heavy atom. The van der Waals surface area contributed by atoms with Gasteiger partial charge in [0, 0.05) is 13.1 Å². The molecule has 30 heavy (non-hydrogen) atoms. The van der Waals surface area contributed by atoms with E-state index in [1.54, 1.807) is 60.5 Å². The second kappa shape index (κ2) is 9.51. The maximum Gasteiger partial charge on any atom is 0.264 e. The van der Waals surface area contributed by atoms with Crippen LogP contribution in [0.15, 0.2) is 53.4 Å². The van der Waals surface area contributed by atoms with Crippen LogP contribution in [-0.2, 0) is 14.8 Å². The topological polar surface area (TPSA) is 66.9 Å². The first-order valence-electron chi connectivity index (χ1n) is 10.3. The van der Waals surface area contributed by atoms with Gasteiger partial charge in [0.1, 0.15) is 12.3 Å². The molecule has 1 amide bonds. The Labute approximate surface area is 179 Å². The maximum atomic E-state index is 13.5. The molecule has 0 aromatic heterocycles. The van der Waals surface area contributed by atoms with Crippen molar-refractivity contribution in [2.24, 2.45) is 0 Å². The Bertz CT molecular complexity index is 967. The average Bonchev–Trinajstić information content (AvgIpc) is 2.77. The maximum absolute atomic E-state index is 13.5. The van der Waals surface area contributed by atoms with Crippen LogP contribution in [-0.4, -0.2) is 46.0 Å². The number of carbonyl (C=O) groups excluding carboxylic acids is 1. The van der Waals surface area contributed by atoms with E-state index < -0.39 is 10.0 Å². The Morgan fingerprint density at radius 2 is 1.67 bits per heavy atom. The summed E-state index contributed by atoms with van der Waals surface area (Å²) in [5.41, 5.74) is 1.32. The zero-order valence-electron chi connectivity index (χ0n) is 17.9. The molecule has 2 aromatic rings. The number of benzene rings is 2. The third kappa shape index (κ3) is 4.78. The fourth-order valence-electron chi connectivity index (χ4n) is 3.88. The highest BCUT2D eigenvalue weighted by Gasteiger charge is 2.31. The summed E-state index contributed by atoms with van der Waals surface area (Å²) in [4.78, 5) is 15.0. The fraction of sp³-hybridized carbons (Fsp3) is 0.435. The molecule has 1 fully saturated rings. The lowest BCUT2D eigenvalue weighted by Crippen LogP contribution is -2.46. The normalized spacial score (nSPS) is 14.9. The summed E-state index contributed by atoms with van der Waals surface area (Å²) in [6.07, 6.45) is 5.30. The van der Waals surface area contributed by atoms with Crippen LogP contribution >= 0.6 is 0 Å². The summed E-state index contributed by atoms with van der Waals surface area (Å²) in [7, 11) is -0.690. The van der Waals surface area contributed by atoms with E-state index in [1.165, 1.54) is 13.5 Å². The lowest BCUT2D eigenvalue weighted by atomic mass is 9.94. The first kappa shape index (κ1) is 22.2. The van der Waals surface area contributed by atoms with Gasteiger partial charge in [-0.05, 0) is 44.0 Å². The van der Waals surface area contributed by atoms with Gasteiger partial charge in [-0.2, -0.15) is 0 Å². The van der Waals surface area contributed by atoms with Gasteiger partial charge >= 0.3 is 0 Å². The van der Waals surface area contributed by atoms with Crippen molar-refractivity contribution < 1.29 is 17.9 Å². The van der Waals surface area contributed by atoms with Gasteiger partial charge in [0.05, 0.1) is 17.7 Å². The number of hydrogen-bond acceptors (Lipinski definition) is 4. The molecule has 0 saturated heterocycles. The van der Waals surface area contributed by atoms with E-state index in [1.807, 2.05) is 6.92 Å². The van der Waals surface area contributed by atoms with Gasteiger partial charge in [-0.1, -0.05) is 49.1 Å². The molecule has 3 rings (SSSR count). The molecule has 0 atom stereocenters. The molecule has 2 aromatic carbocycles. The van der Waals surface area contributed by atoms with Crippen LogP contribution in [0, 0.1) is 6.92 Å². The van der Waals surface area contributed by atoms with Gasteiger partial charge in [0.2, 0.25) is 5.91 Å². The zero-order chi connectivity index (χ0) is 21.7. The Hall–Kier alpha value is -2.54. The Balaban J connectivity index is 1.97. The largest absolute Gasteiger partial charge is 0.495 e. The lowest BCUT2D eigenvalue weighted by molar-refractivity contribution is -0.130. The second-order valence-electron chi connectivity index (χ2n) is 7.79. The fourth-order valence-corrected chi connectivity index (χ4v) is 5.30. The molecular formula is C23H30N2O4S. The van der Waals surface area contributed by atoms with Crippen molar-refractivity contribution in [1.29, 1.82) is 0 Å². The van der Waals surface area contributed by atoms with Crippen molar-refractivity contribution in [3.8, 4) is 5.75 Å². The minimum Gasteiger partial charge on any atom is -0.495 e. The number of anilines is 1. The van der Waals surface area contributed by atoms with Gasteiger partial charge < -0.3 is 9.64 Å². The third-order valence-corrected chi connectivity index (χ3v) is 7.53. The average molecular weight is 431 g/mol. The molecular weight excluding hydrogens is 400 g/mol. The van der Waals surface area contributed by atoms with Crippen LogP contribution in [0.4, 0.5) is 5.69 Å². The summed E-state index contributed by atoms with van der Waals surface area (Å²) in [5, 5.41) is 0. The van der Waals surface area contributed by atoms with E-state index in [0.29, 0.717) is 11.4 Å². The number of carbonyl (C=O) groups is 1. The molecule has 1 saturated carbocycles. The monoisotopic (exact) mass is 430 g/mol. The highest BCUT2D eigenvalue weighted by atomic mass is 32.2. The molecule has 1 aliphatic rings. The van der Waals surface area contributed by atoms with Crippen LogP contribution in [0.25, 0.3) is 0 Å². The van der Waals surface area contributed by atoms with E-state index in [9.17, 15) is 13.2 Å². The molecule has 1 aliphatic carbocycles. The van der Waals surface area contributed by atoms with Crippen LogP contribution in [0.5, 0.6) is 5.75 Å². The summed E-state index contributed by atoms with van der Waals surface area (Å²) in [6.45, 7) is 1.63. The van der Waals surface area contributed by atoms with Crippen molar-refractivity contribution in [2.75, 3.05) is 25.0 Å². The number of sulfonamides is 1. The summed E-state index contributed by atoms with van der Waals surface area (Å²) >= 11 is 0. The summed E-state index contributed by atoms with van der Waals surface area (Å²) in [6, 6.07) is 13.7. The van der Waals surface area contributed by atoms with Crippen LogP contribution in [0.3, 0.4) is 0 Å². The van der Waals surface area contributed by atoms with Gasteiger partial charge in [-0.25, -0.2) is 8.42 Å². The first-order valence-corrected chi connectivity index (χ1v) is 11.8. The van der Waals surface area contributed by atoms with Crippen molar-refractivity contribution >= 4 is 21.6 Å². The number of nitrogens with zero attached hydrogens (tertiary/aromatic N) is 2. The highest BCUT2D eigenvalue weighted by Crippen LogP contribution is 2.32. The predicted octanol–water partition coefficient (Wildman–Crippen LogP) is 3.99. The minimum atomic E-state index is -3.96. The van der Waals surface area contributed by atoms with Gasteiger partial charge in [0.25, 0.3) is 10.0 Å². The molecule has 162 valence electrons. The van der Waals surface area contributed by atoms with Crippen LogP contribution in [0.1, 0.15) is 37.7 Å². The molecule has 0 N–H and O–H groups in total. The number of likely N-dealkylation sites (N-methyl/N-ethyl adjacent to an activating group) is 1. The number of rotatable bonds is 7. The molecule has 0 heterocycles. The number of amides is 1. The molecule has 7 heteroatoms. The molecule has 0 bridgehead atoms. The molecule has 0 unspecified atom stereocenters. The first-order chi connectivity index (χ1) is 14.3. The lowest BCUT2D eigenvalue weighted by Gasteiger charge is -2.33. The van der Waals surface area contributed by atoms with E-state index >= 15 is 0 Å². The molecule has 0 spiro atoms. The summed E-state index contributed by atoms with van der Waals surface area (Å²) in [5.74, 6) is 0.185. The van der Waals surface area contributed by atoms with Gasteiger partial charge in [-0.15, -0.1) is 0 Å². The van der Waals surface area contributed by atoms with Crippen molar-refractivity contribution in [1.82, 2.24) is 4.90 Å². The standard InChI is InChI=1S/C23H30N2O4S/c1-18-13-15-20(16-14-18)30(27,28)25(21-11-7-8-12-22(21)29-3)17-23(26)24(2)19-9-5-4-6-10-19/h7-8,11-16,19H,4-6,9-10,17H2,1-3H3. The quantitative estimate of drug-likeness (QED) is 0.666. The number of aryl methyl sites for hydroxylation is 1. The molecule has 6 nitrogen and oxygen atoms in total. The predicted molar refractivity (Wildman–Crippen MR) is 118 cm³/mol. The zero-order valence-corrected chi connectivity index (χ0v) is 18.7. The van der Waals surface area contributed by atoms with Crippen molar-refractivity contribution in [3.05, 3.63) is 54.1 Å². The molecule has 0 radical (unpaired) electrons. The van der Waals surface area contributed by atoms with Crippen molar-refractivity contribution in [2.45, 2.75) is 50.0 Å². The van der Waals surface area contributed by atoms with Crippen LogP contribution in [0.2, 0.25) is 0 Å². The van der Waals surface area contributed by atoms with Crippen LogP contribution < -0.4 is 9.04 Å². The number of para-hydroxylation sites is 2. The second-order valence-corrected chi connectivity index (χ2v) is 9.66. The van der Waals surface area contributed by atoms with Gasteiger partial charge in [-0.3, -0.25) is 9.10 Å². The Kier molecular flexibility index (Phi) is 7.02. The van der Waals surface area contributed by atoms with E-state index in [0.717, 1.165) is 35.6 Å². The number of ether oxygens (including phenoxy) is 1. The number of methoxy groups -OCH3 is 1. The van der Waals surface area contributed by atoms with Crippen molar-refractivity contribution in [3.63, 3.8) is 0 Å². The smallest absolute Gasteiger partial charge is 0.264 e. The summed E-state index contributed by atoms with van der Waals surface area (Å²) < 4.78 is 33.7. The van der Waals surface area contributed by atoms with E-state index in [4.69, 9.17) is 4.74 Å². The van der Waals surface area contributed by atoms with E-state index in [2.05, 4.69) is 0 Å². The SMILES string of the molecule is COc1ccccc1N(CC(=O)N(C)C1CCCCC1)S(=O)(=O)c1ccc(C)cc1. The number of hydrogen-bond donors (Lipinski definition) is 0. The minimum absolute atomic E-state index is 0.145. The third-order valence-electron chi connectivity index (χ3n) is 5.76. The van der Waals surface area contributed by atoms with E-state index in [-0.39, 0.29) is 23.4 Å². The molecule has 0 aliphatic heterocycles. The Morgan fingerprint density at radius 1 is 1.03 bits per heavy atom.